The fourth-order valence-electron chi connectivity index (χ4n) is 8.88. The van der Waals surface area contributed by atoms with Gasteiger partial charge in [0.05, 0.1) is 17.8 Å². The van der Waals surface area contributed by atoms with Crippen molar-refractivity contribution in [2.75, 3.05) is 54.4 Å². The van der Waals surface area contributed by atoms with Gasteiger partial charge < -0.3 is 33.9 Å². The van der Waals surface area contributed by atoms with E-state index in [1.165, 1.54) is 0 Å². The van der Waals surface area contributed by atoms with E-state index in [0.717, 1.165) is 45.4 Å². The van der Waals surface area contributed by atoms with Crippen LogP contribution in [-0.4, -0.2) is 134 Å². The first-order valence-electron chi connectivity index (χ1n) is 18.8. The van der Waals surface area contributed by atoms with Crippen LogP contribution < -0.4 is 0 Å². The molecule has 3 heterocycles. The summed E-state index contributed by atoms with van der Waals surface area (Å²) in [5.41, 5.74) is -2.93. The molecule has 1 N–H and O–H groups in total. The van der Waals surface area contributed by atoms with Gasteiger partial charge in [-0.05, 0) is 125 Å². The predicted molar refractivity (Wildman–Crippen MR) is 194 cm³/mol. The van der Waals surface area contributed by atoms with Crippen molar-refractivity contribution in [1.82, 2.24) is 14.7 Å². The second kappa shape index (κ2) is 16.3. The van der Waals surface area contributed by atoms with Crippen LogP contribution in [0.1, 0.15) is 108 Å². The zero-order valence-corrected chi connectivity index (χ0v) is 33.8. The molecule has 0 bridgehead atoms. The van der Waals surface area contributed by atoms with Crippen LogP contribution in [0, 0.1) is 28.6 Å². The van der Waals surface area contributed by atoms with Gasteiger partial charge in [-0.3, -0.25) is 14.5 Å². The molecule has 0 amide bonds. The lowest BCUT2D eigenvalue weighted by Gasteiger charge is -2.47. The van der Waals surface area contributed by atoms with E-state index >= 15 is 0 Å². The summed E-state index contributed by atoms with van der Waals surface area (Å²) in [4.78, 5) is 35.5. The van der Waals surface area contributed by atoms with Crippen LogP contribution in [0.5, 0.6) is 0 Å². The van der Waals surface area contributed by atoms with Crippen molar-refractivity contribution in [2.24, 2.45) is 28.6 Å². The highest BCUT2D eigenvalue weighted by atomic mass is 16.7. The Balaban J connectivity index is 1.96. The molecule has 0 unspecified atom stereocenters. The van der Waals surface area contributed by atoms with Crippen LogP contribution in [0.4, 0.5) is 0 Å². The van der Waals surface area contributed by atoms with Gasteiger partial charge in [0.25, 0.3) is 0 Å². The summed E-state index contributed by atoms with van der Waals surface area (Å²) in [6.07, 6.45) is 1.54. The van der Waals surface area contributed by atoms with Crippen molar-refractivity contribution >= 4 is 11.8 Å². The maximum Gasteiger partial charge on any atom is 0.319 e. The van der Waals surface area contributed by atoms with Crippen molar-refractivity contribution in [3.05, 3.63) is 0 Å². The summed E-state index contributed by atoms with van der Waals surface area (Å²) in [7, 11) is 7.66. The number of hydrogen-bond donors (Lipinski definition) is 1. The Morgan fingerprint density at radius 3 is 2.14 bits per heavy atom. The molecular formula is C39H73N3O7. The van der Waals surface area contributed by atoms with Gasteiger partial charge in [0, 0.05) is 38.2 Å². The molecule has 0 aromatic carbocycles. The number of hydrogen-bond acceptors (Lipinski definition) is 10. The smallest absolute Gasteiger partial charge is 0.319 e. The number of cyclic esters (lactones) is 1. The highest BCUT2D eigenvalue weighted by Gasteiger charge is 2.53. The van der Waals surface area contributed by atoms with Crippen LogP contribution in [0.15, 0.2) is 0 Å². The second-order valence-corrected chi connectivity index (χ2v) is 18.7. The molecule has 0 aromatic rings. The van der Waals surface area contributed by atoms with Crippen LogP contribution in [0.2, 0.25) is 0 Å². The lowest BCUT2D eigenvalue weighted by atomic mass is 9.74. The van der Waals surface area contributed by atoms with Crippen LogP contribution >= 0.6 is 0 Å². The van der Waals surface area contributed by atoms with E-state index in [9.17, 15) is 14.7 Å². The summed E-state index contributed by atoms with van der Waals surface area (Å²) < 4.78 is 25.6. The second-order valence-electron chi connectivity index (χ2n) is 18.7. The van der Waals surface area contributed by atoms with Crippen molar-refractivity contribution in [3.63, 3.8) is 0 Å². The van der Waals surface area contributed by atoms with Crippen LogP contribution in [0.3, 0.4) is 0 Å². The average molecular weight is 696 g/mol. The molecule has 3 rings (SSSR count). The van der Waals surface area contributed by atoms with Gasteiger partial charge in [0.1, 0.15) is 17.1 Å². The van der Waals surface area contributed by atoms with Gasteiger partial charge in [-0.2, -0.15) is 0 Å². The quantitative estimate of drug-likeness (QED) is 0.281. The number of ether oxygens (including phenoxy) is 4. The number of Topliss-reactive ketones (excluding diaryl/α,β-unsaturated/α-hetero) is 1. The highest BCUT2D eigenvalue weighted by Crippen LogP contribution is 2.40. The number of aliphatic hydroxyl groups is 1. The largest absolute Gasteiger partial charge is 0.457 e. The Labute approximate surface area is 298 Å². The molecule has 0 radical (unpaired) electrons. The molecule has 0 saturated carbocycles. The SMILES string of the molecule is CO[C@]1(C)C[C@@H](C)CN(C)[C@@H](CC2CCN(CC(C)(C)C)CC2)C(C)(C)OC(=O)C(C)(C)C(=O)[C@H](C)[C@H]1O[C@@H]1O[C@H](C)C[C@H](N(C)C)[C@H]1O. The molecule has 3 aliphatic heterocycles. The molecule has 10 heteroatoms. The van der Waals surface area contributed by atoms with E-state index in [-0.39, 0.29) is 35.3 Å². The van der Waals surface area contributed by atoms with Gasteiger partial charge in [0.2, 0.25) is 0 Å². The third-order valence-corrected chi connectivity index (χ3v) is 11.6. The Kier molecular flexibility index (Phi) is 14.0. The molecule has 49 heavy (non-hydrogen) atoms. The monoisotopic (exact) mass is 696 g/mol. The lowest BCUT2D eigenvalue weighted by molar-refractivity contribution is -0.295. The van der Waals surface area contributed by atoms with Gasteiger partial charge in [-0.25, -0.2) is 0 Å². The predicted octanol–water partition coefficient (Wildman–Crippen LogP) is 5.24. The highest BCUT2D eigenvalue weighted by molar-refractivity contribution is 6.04. The number of likely N-dealkylation sites (N-methyl/N-ethyl adjacent to an activating group) is 2. The van der Waals surface area contributed by atoms with Crippen molar-refractivity contribution in [1.29, 1.82) is 0 Å². The number of piperidine rings is 1. The topological polar surface area (TPSA) is 101 Å². The molecule has 286 valence electrons. The van der Waals surface area contributed by atoms with E-state index in [1.54, 1.807) is 27.9 Å². The molecular weight excluding hydrogens is 622 g/mol. The molecule has 9 atom stereocenters. The Bertz CT molecular complexity index is 1100. The molecule has 0 spiro atoms. The maximum atomic E-state index is 14.5. The number of carbonyl (C=O) groups is 2. The molecule has 3 aliphatic rings. The molecule has 0 aliphatic carbocycles. The number of carbonyl (C=O) groups excluding carboxylic acids is 2. The number of rotatable bonds is 7. The zero-order chi connectivity index (χ0) is 37.3. The summed E-state index contributed by atoms with van der Waals surface area (Å²) in [5, 5.41) is 11.4. The number of ketones is 1. The van der Waals surface area contributed by atoms with Gasteiger partial charge >= 0.3 is 5.97 Å². The van der Waals surface area contributed by atoms with Gasteiger partial charge in [-0.1, -0.05) is 34.6 Å². The normalized spacial score (nSPS) is 38.1. The first kappa shape index (κ1) is 42.3. The van der Waals surface area contributed by atoms with E-state index in [1.807, 2.05) is 46.7 Å². The Morgan fingerprint density at radius 2 is 1.61 bits per heavy atom. The lowest BCUT2D eigenvalue weighted by Crippen LogP contribution is -2.59. The van der Waals surface area contributed by atoms with Gasteiger partial charge in [0.15, 0.2) is 12.1 Å². The van der Waals surface area contributed by atoms with Crippen LogP contribution in [-0.2, 0) is 28.5 Å². The Morgan fingerprint density at radius 1 is 1.02 bits per heavy atom. The maximum absolute atomic E-state index is 14.5. The summed E-state index contributed by atoms with van der Waals surface area (Å²) in [6, 6.07) is -0.217. The zero-order valence-electron chi connectivity index (χ0n) is 33.8. The van der Waals surface area contributed by atoms with E-state index < -0.39 is 47.0 Å². The molecule has 10 nitrogen and oxygen atoms in total. The average Bonchev–Trinajstić information content (AvgIpc) is 2.98. The molecule has 0 aromatic heterocycles. The van der Waals surface area contributed by atoms with E-state index in [4.69, 9.17) is 18.9 Å². The fourth-order valence-corrected chi connectivity index (χ4v) is 8.88. The van der Waals surface area contributed by atoms with Crippen LogP contribution in [0.25, 0.3) is 0 Å². The number of likely N-dealkylation sites (tertiary alicyclic amines) is 1. The minimum absolute atomic E-state index is 0.0433. The number of aliphatic hydroxyl groups excluding tert-OH is 1. The minimum atomic E-state index is -1.44. The number of nitrogens with zero attached hydrogens (tertiary/aromatic N) is 3. The van der Waals surface area contributed by atoms with E-state index in [0.29, 0.717) is 18.8 Å². The Hall–Kier alpha value is -1.14. The van der Waals surface area contributed by atoms with Gasteiger partial charge in [-0.15, -0.1) is 0 Å². The molecule has 3 fully saturated rings. The van der Waals surface area contributed by atoms with Crippen molar-refractivity contribution < 1.29 is 33.6 Å². The number of esters is 1. The molecule has 3 saturated heterocycles. The van der Waals surface area contributed by atoms with Crippen molar-refractivity contribution in [3.8, 4) is 0 Å². The summed E-state index contributed by atoms with van der Waals surface area (Å²) in [6.45, 7) is 26.2. The van der Waals surface area contributed by atoms with E-state index in [2.05, 4.69) is 44.5 Å². The summed E-state index contributed by atoms with van der Waals surface area (Å²) >= 11 is 0. The fraction of sp³-hybridized carbons (Fsp3) is 0.949. The first-order chi connectivity index (χ1) is 22.4. The number of methoxy groups -OCH3 is 1. The standard InChI is InChI=1S/C39H73N3O7/c1-25-22-39(11,46-15)33(48-34-31(43)29(40(12)13)20-26(2)47-34)27(3)32(44)37(7,8)35(45)49-38(9,10)30(41(14)23-25)21-28-16-18-42(19-17-28)24-36(4,5)6/h25-31,33-34,43H,16-24H2,1-15H3/t25-,26-,27+,29+,30+,31-,33-,34+,39-/m1/s1. The van der Waals surface area contributed by atoms with Crippen molar-refractivity contribution in [2.45, 2.75) is 156 Å². The third kappa shape index (κ3) is 10.5. The third-order valence-electron chi connectivity index (χ3n) is 11.6. The summed E-state index contributed by atoms with van der Waals surface area (Å²) in [5.74, 6) is -0.925. The minimum Gasteiger partial charge on any atom is -0.457 e. The first-order valence-corrected chi connectivity index (χ1v) is 18.8.